The van der Waals surface area contributed by atoms with E-state index >= 15 is 0 Å². The van der Waals surface area contributed by atoms with E-state index in [0.717, 1.165) is 9.13 Å². The quantitative estimate of drug-likeness (QED) is 0.267. The van der Waals surface area contributed by atoms with Crippen molar-refractivity contribution in [2.45, 2.75) is 26.7 Å². The monoisotopic (exact) mass is 440 g/mol. The first-order valence-electron chi connectivity index (χ1n) is 7.70. The van der Waals surface area contributed by atoms with Crippen molar-refractivity contribution in [3.63, 3.8) is 0 Å². The normalized spacial score (nSPS) is 11.1. The molecule has 0 bridgehead atoms. The third kappa shape index (κ3) is 5.10. The summed E-state index contributed by atoms with van der Waals surface area (Å²) < 4.78 is 11.2. The number of terminal acetylenes is 1. The van der Waals surface area contributed by atoms with E-state index in [1.807, 2.05) is 30.3 Å². The minimum atomic E-state index is -1.50. The van der Waals surface area contributed by atoms with Crippen molar-refractivity contribution >= 4 is 40.6 Å². The van der Waals surface area contributed by atoms with E-state index in [-0.39, 0.29) is 26.1 Å². The van der Waals surface area contributed by atoms with Crippen LogP contribution in [-0.4, -0.2) is 25.2 Å². The fourth-order valence-corrected chi connectivity index (χ4v) is 2.74. The Balaban J connectivity index is 3.12. The number of allylic oxidation sites excluding steroid dienone is 1. The van der Waals surface area contributed by atoms with Crippen molar-refractivity contribution < 1.29 is 19.1 Å². The van der Waals surface area contributed by atoms with Gasteiger partial charge in [-0.1, -0.05) is 30.4 Å². The van der Waals surface area contributed by atoms with Crippen LogP contribution in [-0.2, 0) is 19.1 Å². The summed E-state index contributed by atoms with van der Waals surface area (Å²) >= 11 is 2.22. The molecule has 0 aromatic heterocycles. The molecule has 1 rings (SSSR count). The summed E-state index contributed by atoms with van der Waals surface area (Å²) in [5.41, 5.74) is -0.502. The molecule has 4 nitrogen and oxygen atoms in total. The number of carbonyl (C=O) groups is 2. The lowest BCUT2D eigenvalue weighted by atomic mass is 9.81. The van der Waals surface area contributed by atoms with Gasteiger partial charge in [0, 0.05) is 9.99 Å². The zero-order valence-corrected chi connectivity index (χ0v) is 16.0. The Labute approximate surface area is 156 Å². The minimum absolute atomic E-state index is 0.0686. The highest BCUT2D eigenvalue weighted by Crippen LogP contribution is 2.31. The number of carbonyl (C=O) groups excluding carboxylic acids is 2. The molecule has 0 spiro atoms. The molecule has 0 aliphatic rings. The van der Waals surface area contributed by atoms with Gasteiger partial charge in [-0.2, -0.15) is 0 Å². The van der Waals surface area contributed by atoms with Crippen LogP contribution >= 0.6 is 22.6 Å². The maximum Gasteiger partial charge on any atom is 0.324 e. The molecule has 0 N–H and O–H groups in total. The SMILES string of the molecule is C#CCC(CC=Cc1ccccc1I)(C(=O)OCC)C(=O)OCC. The molecule has 0 radical (unpaired) electrons. The van der Waals surface area contributed by atoms with Crippen LogP contribution in [0.3, 0.4) is 0 Å². The second kappa shape index (κ2) is 10.1. The van der Waals surface area contributed by atoms with Crippen molar-refractivity contribution in [2.24, 2.45) is 5.41 Å². The second-order valence-electron chi connectivity index (χ2n) is 5.03. The summed E-state index contributed by atoms with van der Waals surface area (Å²) in [6.07, 6.45) is 9.09. The summed E-state index contributed by atoms with van der Waals surface area (Å²) in [6, 6.07) is 7.80. The average Bonchev–Trinajstić information content (AvgIpc) is 2.56. The molecule has 0 heterocycles. The first kappa shape index (κ1) is 20.2. The van der Waals surface area contributed by atoms with Crippen LogP contribution in [0.15, 0.2) is 30.3 Å². The Morgan fingerprint density at radius 1 is 1.21 bits per heavy atom. The molecule has 0 saturated carbocycles. The van der Waals surface area contributed by atoms with Crippen LogP contribution in [0.5, 0.6) is 0 Å². The molecule has 0 amide bonds. The van der Waals surface area contributed by atoms with Gasteiger partial charge in [0.1, 0.15) is 0 Å². The zero-order chi connectivity index (χ0) is 18.0. The fraction of sp³-hybridized carbons (Fsp3) is 0.368. The molecule has 0 atom stereocenters. The molecule has 0 aliphatic carbocycles. The standard InChI is InChI=1S/C19H21IO4/c1-4-13-19(17(21)23-5-2,18(22)24-6-3)14-9-11-15-10-7-8-12-16(15)20/h1,7-12H,5-6,13-14H2,2-3H3. The third-order valence-corrected chi connectivity index (χ3v) is 4.39. The fourth-order valence-electron chi connectivity index (χ4n) is 2.18. The number of ether oxygens (including phenoxy) is 2. The Bertz CT molecular complexity index is 625. The van der Waals surface area contributed by atoms with E-state index in [0.29, 0.717) is 0 Å². The highest BCUT2D eigenvalue weighted by Gasteiger charge is 2.47. The van der Waals surface area contributed by atoms with E-state index in [1.165, 1.54) is 0 Å². The average molecular weight is 440 g/mol. The van der Waals surface area contributed by atoms with Crippen molar-refractivity contribution in [3.05, 3.63) is 39.5 Å². The van der Waals surface area contributed by atoms with Crippen LogP contribution < -0.4 is 0 Å². The third-order valence-electron chi connectivity index (χ3n) is 3.41. The van der Waals surface area contributed by atoms with Gasteiger partial charge in [0.05, 0.1) is 13.2 Å². The summed E-state index contributed by atoms with van der Waals surface area (Å²) in [7, 11) is 0. The van der Waals surface area contributed by atoms with Crippen molar-refractivity contribution in [1.82, 2.24) is 0 Å². The number of halogens is 1. The van der Waals surface area contributed by atoms with Crippen LogP contribution in [0, 0.1) is 21.3 Å². The Morgan fingerprint density at radius 2 is 1.79 bits per heavy atom. The predicted octanol–water partition coefficient (Wildman–Crippen LogP) is 3.83. The van der Waals surface area contributed by atoms with Gasteiger partial charge < -0.3 is 9.47 Å². The maximum atomic E-state index is 12.4. The van der Waals surface area contributed by atoms with E-state index in [2.05, 4.69) is 28.5 Å². The Morgan fingerprint density at radius 3 is 2.29 bits per heavy atom. The number of benzene rings is 1. The number of hydrogen-bond acceptors (Lipinski definition) is 4. The van der Waals surface area contributed by atoms with Gasteiger partial charge in [0.15, 0.2) is 5.41 Å². The Kier molecular flexibility index (Phi) is 8.55. The highest BCUT2D eigenvalue weighted by molar-refractivity contribution is 14.1. The van der Waals surface area contributed by atoms with Gasteiger partial charge in [-0.15, -0.1) is 12.3 Å². The second-order valence-corrected chi connectivity index (χ2v) is 6.19. The molecule has 128 valence electrons. The van der Waals surface area contributed by atoms with Crippen LogP contribution in [0.2, 0.25) is 0 Å². The summed E-state index contributed by atoms with van der Waals surface area (Å²) in [4.78, 5) is 24.9. The molecule has 24 heavy (non-hydrogen) atoms. The van der Waals surface area contributed by atoms with E-state index in [1.54, 1.807) is 19.9 Å². The topological polar surface area (TPSA) is 52.6 Å². The maximum absolute atomic E-state index is 12.4. The largest absolute Gasteiger partial charge is 0.465 e. The summed E-state index contributed by atoms with van der Waals surface area (Å²) in [6.45, 7) is 3.72. The van der Waals surface area contributed by atoms with E-state index in [9.17, 15) is 9.59 Å². The summed E-state index contributed by atoms with van der Waals surface area (Å²) in [5, 5.41) is 0. The van der Waals surface area contributed by atoms with Crippen LogP contribution in [0.1, 0.15) is 32.3 Å². The molecule has 1 aromatic carbocycles. The molecule has 0 saturated heterocycles. The highest BCUT2D eigenvalue weighted by atomic mass is 127. The first-order valence-corrected chi connectivity index (χ1v) is 8.78. The van der Waals surface area contributed by atoms with Gasteiger partial charge in [-0.25, -0.2) is 0 Å². The van der Waals surface area contributed by atoms with Crippen LogP contribution in [0.4, 0.5) is 0 Å². The molecule has 1 aromatic rings. The molecule has 5 heteroatoms. The van der Waals surface area contributed by atoms with Crippen molar-refractivity contribution in [3.8, 4) is 12.3 Å². The number of hydrogen-bond donors (Lipinski definition) is 0. The lowest BCUT2D eigenvalue weighted by Crippen LogP contribution is -2.41. The van der Waals surface area contributed by atoms with Gasteiger partial charge in [0.2, 0.25) is 0 Å². The van der Waals surface area contributed by atoms with Gasteiger partial charge in [-0.3, -0.25) is 9.59 Å². The minimum Gasteiger partial charge on any atom is -0.465 e. The smallest absolute Gasteiger partial charge is 0.324 e. The lowest BCUT2D eigenvalue weighted by molar-refractivity contribution is -0.171. The molecule has 0 fully saturated rings. The molecule has 0 aliphatic heterocycles. The molecule has 0 unspecified atom stereocenters. The Hall–Kier alpha value is -1.81. The number of rotatable bonds is 8. The van der Waals surface area contributed by atoms with Gasteiger partial charge in [0.25, 0.3) is 0 Å². The van der Waals surface area contributed by atoms with E-state index in [4.69, 9.17) is 15.9 Å². The predicted molar refractivity (Wildman–Crippen MR) is 102 cm³/mol. The van der Waals surface area contributed by atoms with Crippen LogP contribution in [0.25, 0.3) is 6.08 Å². The van der Waals surface area contributed by atoms with Crippen molar-refractivity contribution in [1.29, 1.82) is 0 Å². The van der Waals surface area contributed by atoms with Gasteiger partial charge >= 0.3 is 11.9 Å². The first-order chi connectivity index (χ1) is 11.5. The van der Waals surface area contributed by atoms with E-state index < -0.39 is 17.4 Å². The van der Waals surface area contributed by atoms with Crippen molar-refractivity contribution in [2.75, 3.05) is 13.2 Å². The number of esters is 2. The zero-order valence-electron chi connectivity index (χ0n) is 13.9. The molecular weight excluding hydrogens is 419 g/mol. The van der Waals surface area contributed by atoms with Gasteiger partial charge in [-0.05, 0) is 54.5 Å². The lowest BCUT2D eigenvalue weighted by Gasteiger charge is -2.26. The molecular formula is C19H21IO4. The summed E-state index contributed by atoms with van der Waals surface area (Å²) in [5.74, 6) is 1.12.